The number of hydrogen-bond donors (Lipinski definition) is 0. The van der Waals surface area contributed by atoms with Gasteiger partial charge in [0.2, 0.25) is 11.0 Å². The Bertz CT molecular complexity index is 1070. The van der Waals surface area contributed by atoms with Crippen molar-refractivity contribution in [2.75, 3.05) is 31.1 Å². The third-order valence-corrected chi connectivity index (χ3v) is 5.86. The Morgan fingerprint density at radius 3 is 2.45 bits per heavy atom. The molecule has 2 aromatic carbocycles. The second-order valence-corrected chi connectivity index (χ2v) is 7.88. The Kier molecular flexibility index (Phi) is 6.32. The van der Waals surface area contributed by atoms with E-state index in [1.807, 2.05) is 18.2 Å². The van der Waals surface area contributed by atoms with Crippen molar-refractivity contribution in [2.45, 2.75) is 6.42 Å². The summed E-state index contributed by atoms with van der Waals surface area (Å²) in [7, 11) is 0. The highest BCUT2D eigenvalue weighted by Gasteiger charge is 2.22. The average Bonchev–Trinajstić information content (AvgIpc) is 3.27. The first-order chi connectivity index (χ1) is 15.1. The van der Waals surface area contributed by atoms with Gasteiger partial charge in [-0.1, -0.05) is 30.3 Å². The number of nitro groups is 1. The Morgan fingerprint density at radius 2 is 1.77 bits per heavy atom. The first kappa shape index (κ1) is 20.7. The molecule has 0 atom stereocenters. The average molecular weight is 436 g/mol. The van der Waals surface area contributed by atoms with Crippen LogP contribution in [0.3, 0.4) is 0 Å². The first-order valence-corrected chi connectivity index (χ1v) is 10.7. The molecule has 158 valence electrons. The van der Waals surface area contributed by atoms with Crippen molar-refractivity contribution in [1.29, 1.82) is 0 Å². The number of carbonyl (C=O) groups is 1. The lowest BCUT2D eigenvalue weighted by molar-refractivity contribution is -0.384. The number of anilines is 1. The molecule has 3 aromatic rings. The van der Waals surface area contributed by atoms with Crippen molar-refractivity contribution < 1.29 is 9.72 Å². The Balaban J connectivity index is 1.29. The molecule has 1 amide bonds. The summed E-state index contributed by atoms with van der Waals surface area (Å²) in [4.78, 5) is 31.4. The fraction of sp³-hybridized carbons (Fsp3) is 0.227. The van der Waals surface area contributed by atoms with E-state index in [0.29, 0.717) is 32.6 Å². The SMILES string of the molecule is O=C(C=Cc1ccc([N+](=O)[O-])cc1)N1CCN(c2nc(Cc3ccccc3)ns2)CC1. The highest BCUT2D eigenvalue weighted by atomic mass is 32.1. The van der Waals surface area contributed by atoms with Gasteiger partial charge in [-0.3, -0.25) is 14.9 Å². The molecular weight excluding hydrogens is 414 g/mol. The zero-order valence-corrected chi connectivity index (χ0v) is 17.6. The molecule has 0 spiro atoms. The summed E-state index contributed by atoms with van der Waals surface area (Å²) in [6.45, 7) is 2.63. The van der Waals surface area contributed by atoms with Crippen LogP contribution in [0.5, 0.6) is 0 Å². The minimum Gasteiger partial charge on any atom is -0.343 e. The van der Waals surface area contributed by atoms with E-state index in [0.717, 1.165) is 16.5 Å². The molecule has 0 saturated carbocycles. The van der Waals surface area contributed by atoms with Crippen molar-refractivity contribution in [3.05, 3.63) is 87.7 Å². The van der Waals surface area contributed by atoms with Crippen LogP contribution >= 0.6 is 11.5 Å². The van der Waals surface area contributed by atoms with E-state index in [9.17, 15) is 14.9 Å². The number of rotatable bonds is 6. The standard InChI is InChI=1S/C22H21N5O3S/c28-21(11-8-17-6-9-19(10-7-17)27(29)30)25-12-14-26(15-13-25)22-23-20(24-31-22)16-18-4-2-1-3-5-18/h1-11H,12-16H2. The van der Waals surface area contributed by atoms with Crippen LogP contribution in [0.2, 0.25) is 0 Å². The normalized spacial score (nSPS) is 14.2. The van der Waals surface area contributed by atoms with Crippen molar-refractivity contribution >= 4 is 34.3 Å². The third kappa shape index (κ3) is 5.32. The van der Waals surface area contributed by atoms with Gasteiger partial charge < -0.3 is 9.80 Å². The van der Waals surface area contributed by atoms with E-state index in [1.54, 1.807) is 23.1 Å². The van der Waals surface area contributed by atoms with Crippen LogP contribution in [0.25, 0.3) is 6.08 Å². The monoisotopic (exact) mass is 435 g/mol. The Labute approximate surface area is 183 Å². The topological polar surface area (TPSA) is 92.5 Å². The van der Waals surface area contributed by atoms with Crippen LogP contribution in [0.1, 0.15) is 17.0 Å². The summed E-state index contributed by atoms with van der Waals surface area (Å²) < 4.78 is 4.48. The zero-order chi connectivity index (χ0) is 21.6. The molecule has 0 radical (unpaired) electrons. The lowest BCUT2D eigenvalue weighted by Gasteiger charge is -2.33. The molecule has 1 aliphatic rings. The number of nitro benzene ring substituents is 1. The number of carbonyl (C=O) groups excluding carboxylic acids is 1. The molecule has 4 rings (SSSR count). The lowest BCUT2D eigenvalue weighted by Crippen LogP contribution is -2.48. The fourth-order valence-electron chi connectivity index (χ4n) is 3.32. The van der Waals surface area contributed by atoms with E-state index < -0.39 is 4.92 Å². The van der Waals surface area contributed by atoms with E-state index >= 15 is 0 Å². The summed E-state index contributed by atoms with van der Waals surface area (Å²) >= 11 is 1.40. The molecule has 0 bridgehead atoms. The number of nitrogens with zero attached hydrogens (tertiary/aromatic N) is 5. The van der Waals surface area contributed by atoms with E-state index in [2.05, 4.69) is 26.4 Å². The molecule has 9 heteroatoms. The number of hydrogen-bond acceptors (Lipinski definition) is 7. The second kappa shape index (κ2) is 9.48. The number of amides is 1. The van der Waals surface area contributed by atoms with E-state index in [4.69, 9.17) is 0 Å². The van der Waals surface area contributed by atoms with Crippen molar-refractivity contribution in [2.24, 2.45) is 0 Å². The summed E-state index contributed by atoms with van der Waals surface area (Å²) in [5, 5.41) is 11.6. The summed E-state index contributed by atoms with van der Waals surface area (Å²) in [5.74, 6) is 0.746. The van der Waals surface area contributed by atoms with Crippen LogP contribution in [0.4, 0.5) is 10.8 Å². The van der Waals surface area contributed by atoms with Gasteiger partial charge in [0.25, 0.3) is 5.69 Å². The van der Waals surface area contributed by atoms with Gasteiger partial charge >= 0.3 is 0 Å². The molecule has 1 aromatic heterocycles. The number of aromatic nitrogens is 2. The quantitative estimate of drug-likeness (QED) is 0.335. The molecule has 1 aliphatic heterocycles. The minimum atomic E-state index is -0.444. The molecule has 2 heterocycles. The Morgan fingerprint density at radius 1 is 1.06 bits per heavy atom. The van der Waals surface area contributed by atoms with Gasteiger partial charge in [-0.25, -0.2) is 4.98 Å². The maximum absolute atomic E-state index is 12.5. The molecule has 1 fully saturated rings. The maximum Gasteiger partial charge on any atom is 0.269 e. The van der Waals surface area contributed by atoms with Gasteiger partial charge in [0.1, 0.15) is 5.82 Å². The molecule has 31 heavy (non-hydrogen) atoms. The van der Waals surface area contributed by atoms with E-state index in [-0.39, 0.29) is 11.6 Å². The first-order valence-electron chi connectivity index (χ1n) is 9.91. The zero-order valence-electron chi connectivity index (χ0n) is 16.8. The van der Waals surface area contributed by atoms with Crippen molar-refractivity contribution in [3.63, 3.8) is 0 Å². The Hall–Kier alpha value is -3.59. The predicted octanol–water partition coefficient (Wildman–Crippen LogP) is 3.40. The number of non-ortho nitro benzene ring substituents is 1. The molecule has 0 aliphatic carbocycles. The largest absolute Gasteiger partial charge is 0.343 e. The number of benzene rings is 2. The predicted molar refractivity (Wildman–Crippen MR) is 120 cm³/mol. The van der Waals surface area contributed by atoms with Gasteiger partial charge in [-0.05, 0) is 29.3 Å². The van der Waals surface area contributed by atoms with Gasteiger partial charge in [-0.2, -0.15) is 4.37 Å². The van der Waals surface area contributed by atoms with Gasteiger partial charge in [0, 0.05) is 62.3 Å². The highest BCUT2D eigenvalue weighted by molar-refractivity contribution is 7.09. The number of piperazine rings is 1. The van der Waals surface area contributed by atoms with E-state index in [1.165, 1.54) is 35.3 Å². The molecular formula is C22H21N5O3S. The summed E-state index contributed by atoms with van der Waals surface area (Å²) in [6, 6.07) is 16.2. The second-order valence-electron chi connectivity index (χ2n) is 7.15. The van der Waals surface area contributed by atoms with Crippen LogP contribution in [0.15, 0.2) is 60.7 Å². The van der Waals surface area contributed by atoms with Crippen molar-refractivity contribution in [1.82, 2.24) is 14.3 Å². The van der Waals surface area contributed by atoms with Gasteiger partial charge in [0.05, 0.1) is 4.92 Å². The van der Waals surface area contributed by atoms with Crippen LogP contribution in [-0.2, 0) is 11.2 Å². The molecule has 0 N–H and O–H groups in total. The third-order valence-electron chi connectivity index (χ3n) is 5.05. The van der Waals surface area contributed by atoms with Gasteiger partial charge in [0.15, 0.2) is 0 Å². The molecule has 0 unspecified atom stereocenters. The molecule has 8 nitrogen and oxygen atoms in total. The molecule has 1 saturated heterocycles. The minimum absolute atomic E-state index is 0.0307. The maximum atomic E-state index is 12.5. The van der Waals surface area contributed by atoms with Gasteiger partial charge in [-0.15, -0.1) is 0 Å². The van der Waals surface area contributed by atoms with Crippen LogP contribution < -0.4 is 4.90 Å². The smallest absolute Gasteiger partial charge is 0.269 e. The summed E-state index contributed by atoms with van der Waals surface area (Å²) in [6.07, 6.45) is 3.90. The highest BCUT2D eigenvalue weighted by Crippen LogP contribution is 2.21. The van der Waals surface area contributed by atoms with Crippen molar-refractivity contribution in [3.8, 4) is 0 Å². The van der Waals surface area contributed by atoms with Crippen LogP contribution in [-0.4, -0.2) is 51.3 Å². The lowest BCUT2D eigenvalue weighted by atomic mass is 10.1. The van der Waals surface area contributed by atoms with Crippen LogP contribution in [0, 0.1) is 10.1 Å². The fourth-order valence-corrected chi connectivity index (χ4v) is 4.06. The summed E-state index contributed by atoms with van der Waals surface area (Å²) in [5.41, 5.74) is 1.96.